The van der Waals surface area contributed by atoms with Gasteiger partial charge in [-0.05, 0) is 19.1 Å². The van der Waals surface area contributed by atoms with Crippen molar-refractivity contribution in [3.05, 3.63) is 34.9 Å². The highest BCUT2D eigenvalue weighted by Gasteiger charge is 2.15. The number of Topliss-reactive ketones (excluding diaryl/α,β-unsaturated/α-hetero) is 1. The molecule has 0 heterocycles. The molecule has 1 aromatic carbocycles. The Kier molecular flexibility index (Phi) is 3.30. The van der Waals surface area contributed by atoms with E-state index >= 15 is 0 Å². The van der Waals surface area contributed by atoms with Crippen molar-refractivity contribution >= 4 is 5.78 Å². The molecule has 0 aromatic heterocycles. The largest absolute Gasteiger partial charge is 0.380 e. The maximum absolute atomic E-state index is 13.4. The van der Waals surface area contributed by atoms with Gasteiger partial charge in [-0.25, -0.2) is 8.78 Å². The van der Waals surface area contributed by atoms with Gasteiger partial charge in [0, 0.05) is 12.7 Å². The smallest absolute Gasteiger partial charge is 0.162 e. The van der Waals surface area contributed by atoms with Crippen molar-refractivity contribution in [2.24, 2.45) is 0 Å². The monoisotopic (exact) mass is 200 g/mol. The standard InChI is InChI=1S/C10H10F2O2/c1-6(13)7-3-4-9(11)8(5-14-2)10(7)12/h3-4H,5H2,1-2H3. The SMILES string of the molecule is COCc1c(F)ccc(C(C)=O)c1F. The van der Waals surface area contributed by atoms with Crippen molar-refractivity contribution in [2.75, 3.05) is 7.11 Å². The van der Waals surface area contributed by atoms with E-state index in [2.05, 4.69) is 4.74 Å². The van der Waals surface area contributed by atoms with Crippen LogP contribution in [-0.4, -0.2) is 12.9 Å². The molecule has 1 aromatic rings. The summed E-state index contributed by atoms with van der Waals surface area (Å²) in [7, 11) is 1.33. The van der Waals surface area contributed by atoms with Crippen LogP contribution in [0.25, 0.3) is 0 Å². The molecular weight excluding hydrogens is 190 g/mol. The lowest BCUT2D eigenvalue weighted by molar-refractivity contribution is 0.101. The first-order valence-corrected chi connectivity index (χ1v) is 4.04. The van der Waals surface area contributed by atoms with E-state index in [0.717, 1.165) is 12.1 Å². The van der Waals surface area contributed by atoms with E-state index in [1.807, 2.05) is 0 Å². The fourth-order valence-electron chi connectivity index (χ4n) is 1.15. The summed E-state index contributed by atoms with van der Waals surface area (Å²) < 4.78 is 31.1. The zero-order chi connectivity index (χ0) is 10.7. The highest BCUT2D eigenvalue weighted by molar-refractivity contribution is 5.94. The predicted molar refractivity (Wildman–Crippen MR) is 47.1 cm³/mol. The summed E-state index contributed by atoms with van der Waals surface area (Å²) in [5.41, 5.74) is -0.321. The Bertz CT molecular complexity index is 361. The maximum Gasteiger partial charge on any atom is 0.162 e. The summed E-state index contributed by atoms with van der Waals surface area (Å²) in [6.07, 6.45) is 0. The molecule has 1 rings (SSSR count). The molecule has 0 saturated heterocycles. The molecule has 14 heavy (non-hydrogen) atoms. The second-order valence-electron chi connectivity index (χ2n) is 2.88. The van der Waals surface area contributed by atoms with Crippen molar-refractivity contribution in [1.82, 2.24) is 0 Å². The second kappa shape index (κ2) is 4.28. The predicted octanol–water partition coefficient (Wildman–Crippen LogP) is 2.31. The zero-order valence-electron chi connectivity index (χ0n) is 7.93. The number of halogens is 2. The lowest BCUT2D eigenvalue weighted by Crippen LogP contribution is -2.05. The molecule has 0 unspecified atom stereocenters. The number of hydrogen-bond donors (Lipinski definition) is 0. The molecule has 0 atom stereocenters. The van der Waals surface area contributed by atoms with Crippen LogP contribution in [0.15, 0.2) is 12.1 Å². The summed E-state index contributed by atoms with van der Waals surface area (Å²) >= 11 is 0. The van der Waals surface area contributed by atoms with Gasteiger partial charge in [0.1, 0.15) is 11.6 Å². The minimum atomic E-state index is -0.834. The Labute approximate surface area is 80.5 Å². The number of benzene rings is 1. The third-order valence-electron chi connectivity index (χ3n) is 1.85. The average molecular weight is 200 g/mol. The first kappa shape index (κ1) is 10.8. The van der Waals surface area contributed by atoms with Crippen LogP contribution in [0, 0.1) is 11.6 Å². The van der Waals surface area contributed by atoms with Gasteiger partial charge in [0.2, 0.25) is 0 Å². The van der Waals surface area contributed by atoms with E-state index in [4.69, 9.17) is 0 Å². The van der Waals surface area contributed by atoms with E-state index in [1.165, 1.54) is 14.0 Å². The molecule has 0 fully saturated rings. The molecule has 2 nitrogen and oxygen atoms in total. The van der Waals surface area contributed by atoms with Gasteiger partial charge >= 0.3 is 0 Å². The first-order chi connectivity index (χ1) is 6.57. The van der Waals surface area contributed by atoms with Crippen LogP contribution in [0.1, 0.15) is 22.8 Å². The normalized spacial score (nSPS) is 10.3. The Morgan fingerprint density at radius 1 is 1.43 bits per heavy atom. The number of hydrogen-bond acceptors (Lipinski definition) is 2. The minimum absolute atomic E-state index is 0.113. The van der Waals surface area contributed by atoms with E-state index < -0.39 is 17.4 Å². The Hall–Kier alpha value is -1.29. The molecule has 0 aliphatic heterocycles. The van der Waals surface area contributed by atoms with Crippen LogP contribution in [0.5, 0.6) is 0 Å². The molecule has 76 valence electrons. The quantitative estimate of drug-likeness (QED) is 0.700. The van der Waals surface area contributed by atoms with E-state index in [0.29, 0.717) is 0 Å². The lowest BCUT2D eigenvalue weighted by atomic mass is 10.1. The summed E-state index contributed by atoms with van der Waals surface area (Å²) in [5.74, 6) is -1.96. The average Bonchev–Trinajstić information content (AvgIpc) is 2.11. The number of rotatable bonds is 3. The molecule has 0 N–H and O–H groups in total. The Morgan fingerprint density at radius 2 is 2.07 bits per heavy atom. The summed E-state index contributed by atoms with van der Waals surface area (Å²) in [5, 5.41) is 0. The van der Waals surface area contributed by atoms with E-state index in [9.17, 15) is 13.6 Å². The number of methoxy groups -OCH3 is 1. The fourth-order valence-corrected chi connectivity index (χ4v) is 1.15. The number of carbonyl (C=O) groups excluding carboxylic acids is 1. The van der Waals surface area contributed by atoms with Crippen molar-refractivity contribution in [3.63, 3.8) is 0 Å². The van der Waals surface area contributed by atoms with Crippen LogP contribution in [-0.2, 0) is 11.3 Å². The Balaban J connectivity index is 3.26. The number of ether oxygens (including phenoxy) is 1. The van der Waals surface area contributed by atoms with Gasteiger partial charge in [-0.2, -0.15) is 0 Å². The van der Waals surface area contributed by atoms with Crippen LogP contribution < -0.4 is 0 Å². The van der Waals surface area contributed by atoms with Crippen LogP contribution in [0.2, 0.25) is 0 Å². The van der Waals surface area contributed by atoms with Gasteiger partial charge in [0.05, 0.1) is 12.2 Å². The van der Waals surface area contributed by atoms with E-state index in [1.54, 1.807) is 0 Å². The first-order valence-electron chi connectivity index (χ1n) is 4.04. The summed E-state index contributed by atoms with van der Waals surface area (Å²) in [6, 6.07) is 2.19. The molecule has 0 bridgehead atoms. The fraction of sp³-hybridized carbons (Fsp3) is 0.300. The zero-order valence-corrected chi connectivity index (χ0v) is 7.93. The topological polar surface area (TPSA) is 26.3 Å². The van der Waals surface area contributed by atoms with Crippen molar-refractivity contribution < 1.29 is 18.3 Å². The molecule has 0 saturated carbocycles. The van der Waals surface area contributed by atoms with Gasteiger partial charge in [0.15, 0.2) is 5.78 Å². The lowest BCUT2D eigenvalue weighted by Gasteiger charge is -2.06. The molecule has 0 spiro atoms. The van der Waals surface area contributed by atoms with Gasteiger partial charge in [-0.15, -0.1) is 0 Å². The van der Waals surface area contributed by atoms with Crippen molar-refractivity contribution in [2.45, 2.75) is 13.5 Å². The Morgan fingerprint density at radius 3 is 2.57 bits per heavy atom. The third-order valence-corrected chi connectivity index (χ3v) is 1.85. The molecule has 0 aliphatic rings. The van der Waals surface area contributed by atoms with Gasteiger partial charge in [-0.1, -0.05) is 0 Å². The summed E-state index contributed by atoms with van der Waals surface area (Å²) in [4.78, 5) is 10.9. The van der Waals surface area contributed by atoms with E-state index in [-0.39, 0.29) is 17.7 Å². The molecule has 4 heteroatoms. The van der Waals surface area contributed by atoms with Crippen LogP contribution in [0.4, 0.5) is 8.78 Å². The van der Waals surface area contributed by atoms with Crippen molar-refractivity contribution in [3.8, 4) is 0 Å². The van der Waals surface area contributed by atoms with Gasteiger partial charge in [-0.3, -0.25) is 4.79 Å². The molecular formula is C10H10F2O2. The molecule has 0 aliphatic carbocycles. The number of ketones is 1. The second-order valence-corrected chi connectivity index (χ2v) is 2.88. The highest BCUT2D eigenvalue weighted by Crippen LogP contribution is 2.18. The van der Waals surface area contributed by atoms with Crippen LogP contribution in [0.3, 0.4) is 0 Å². The van der Waals surface area contributed by atoms with Gasteiger partial charge < -0.3 is 4.74 Å². The van der Waals surface area contributed by atoms with Crippen molar-refractivity contribution in [1.29, 1.82) is 0 Å². The molecule has 0 radical (unpaired) electrons. The highest BCUT2D eigenvalue weighted by atomic mass is 19.1. The summed E-state index contributed by atoms with van der Waals surface area (Å²) in [6.45, 7) is 1.05. The molecule has 0 amide bonds. The number of carbonyl (C=O) groups is 1. The van der Waals surface area contributed by atoms with Crippen LogP contribution >= 0.6 is 0 Å². The minimum Gasteiger partial charge on any atom is -0.380 e. The third kappa shape index (κ3) is 1.96. The van der Waals surface area contributed by atoms with Gasteiger partial charge in [0.25, 0.3) is 0 Å². The maximum atomic E-state index is 13.4.